The van der Waals surface area contributed by atoms with E-state index >= 15 is 0 Å². The Bertz CT molecular complexity index is 775. The number of H-pyrrole nitrogens is 1. The van der Waals surface area contributed by atoms with Crippen LogP contribution in [-0.2, 0) is 0 Å². The predicted octanol–water partition coefficient (Wildman–Crippen LogP) is 2.28. The first-order chi connectivity index (χ1) is 9.84. The zero-order valence-electron chi connectivity index (χ0n) is 10.3. The molecular weight excluding hydrogens is 272 g/mol. The van der Waals surface area contributed by atoms with Gasteiger partial charge in [-0.05, 0) is 42.0 Å². The number of aromatic nitrogens is 5. The van der Waals surface area contributed by atoms with Crippen LogP contribution in [0, 0.1) is 4.77 Å². The molecule has 0 spiro atoms. The molecule has 3 rings (SSSR count). The Morgan fingerprint density at radius 3 is 2.40 bits per heavy atom. The van der Waals surface area contributed by atoms with Crippen molar-refractivity contribution in [2.24, 2.45) is 5.10 Å². The largest absolute Gasteiger partial charge is 0.265 e. The van der Waals surface area contributed by atoms with Gasteiger partial charge >= 0.3 is 0 Å². The third-order valence-corrected chi connectivity index (χ3v) is 2.88. The maximum absolute atomic E-state index is 5.19. The molecule has 0 fully saturated rings. The number of nitrogens with one attached hydrogen (secondary N) is 1. The maximum atomic E-state index is 5.19. The zero-order valence-corrected chi connectivity index (χ0v) is 11.2. The summed E-state index contributed by atoms with van der Waals surface area (Å²) in [5.41, 5.74) is 1.82. The van der Waals surface area contributed by atoms with Gasteiger partial charge < -0.3 is 0 Å². The van der Waals surface area contributed by atoms with E-state index in [2.05, 4.69) is 25.3 Å². The van der Waals surface area contributed by atoms with Crippen LogP contribution in [-0.4, -0.2) is 31.1 Å². The molecule has 0 amide bonds. The lowest BCUT2D eigenvalue weighted by molar-refractivity contribution is 0.871. The molecule has 98 valence electrons. The van der Waals surface area contributed by atoms with E-state index in [1.165, 1.54) is 0 Å². The van der Waals surface area contributed by atoms with Crippen LogP contribution >= 0.6 is 12.2 Å². The molecule has 20 heavy (non-hydrogen) atoms. The average molecular weight is 282 g/mol. The normalized spacial score (nSPS) is 11.0. The fourth-order valence-electron chi connectivity index (χ4n) is 1.66. The summed E-state index contributed by atoms with van der Waals surface area (Å²) in [5.74, 6) is 0.641. The highest BCUT2D eigenvalue weighted by Crippen LogP contribution is 2.15. The number of pyridine rings is 2. The van der Waals surface area contributed by atoms with Crippen LogP contribution in [0.3, 0.4) is 0 Å². The molecule has 0 aliphatic rings. The summed E-state index contributed by atoms with van der Waals surface area (Å²) in [4.78, 5) is 7.94. The van der Waals surface area contributed by atoms with Crippen molar-refractivity contribution in [1.82, 2.24) is 24.8 Å². The molecule has 0 saturated heterocycles. The zero-order chi connectivity index (χ0) is 13.8. The van der Waals surface area contributed by atoms with E-state index in [1.807, 2.05) is 24.3 Å². The first-order valence-electron chi connectivity index (χ1n) is 5.87. The summed E-state index contributed by atoms with van der Waals surface area (Å²) in [7, 11) is 0. The monoisotopic (exact) mass is 282 g/mol. The molecule has 7 heteroatoms. The Hall–Kier alpha value is -2.67. The van der Waals surface area contributed by atoms with E-state index in [0.29, 0.717) is 10.6 Å². The van der Waals surface area contributed by atoms with E-state index in [-0.39, 0.29) is 0 Å². The Balaban J connectivity index is 2.01. The highest BCUT2D eigenvalue weighted by atomic mass is 32.1. The van der Waals surface area contributed by atoms with Crippen molar-refractivity contribution in [3.8, 4) is 11.4 Å². The Kier molecular flexibility index (Phi) is 3.42. The van der Waals surface area contributed by atoms with Crippen molar-refractivity contribution in [3.63, 3.8) is 0 Å². The average Bonchev–Trinajstić information content (AvgIpc) is 2.88. The molecule has 0 unspecified atom stereocenters. The molecule has 0 aliphatic heterocycles. The lowest BCUT2D eigenvalue weighted by atomic mass is 10.2. The van der Waals surface area contributed by atoms with Crippen molar-refractivity contribution in [2.45, 2.75) is 0 Å². The van der Waals surface area contributed by atoms with Crippen LogP contribution in [0.4, 0.5) is 0 Å². The molecule has 1 N–H and O–H groups in total. The van der Waals surface area contributed by atoms with Gasteiger partial charge in [0, 0.05) is 30.4 Å². The quantitative estimate of drug-likeness (QED) is 0.591. The van der Waals surface area contributed by atoms with Gasteiger partial charge in [-0.3, -0.25) is 9.97 Å². The minimum absolute atomic E-state index is 0.433. The molecule has 0 saturated carbocycles. The van der Waals surface area contributed by atoms with E-state index in [4.69, 9.17) is 12.2 Å². The van der Waals surface area contributed by atoms with Crippen LogP contribution < -0.4 is 0 Å². The molecule has 6 nitrogen and oxygen atoms in total. The highest BCUT2D eigenvalue weighted by Gasteiger charge is 2.07. The summed E-state index contributed by atoms with van der Waals surface area (Å²) in [5, 5.41) is 11.3. The van der Waals surface area contributed by atoms with Crippen molar-refractivity contribution in [3.05, 3.63) is 59.4 Å². The fraction of sp³-hybridized carbons (Fsp3) is 0. The molecule has 3 aromatic rings. The molecular formula is C13H10N6S. The third-order valence-electron chi connectivity index (χ3n) is 2.62. The van der Waals surface area contributed by atoms with Gasteiger partial charge in [-0.1, -0.05) is 0 Å². The van der Waals surface area contributed by atoms with E-state index in [9.17, 15) is 0 Å². The minimum Gasteiger partial charge on any atom is -0.265 e. The van der Waals surface area contributed by atoms with Crippen molar-refractivity contribution in [2.75, 3.05) is 0 Å². The molecule has 0 bridgehead atoms. The van der Waals surface area contributed by atoms with Crippen molar-refractivity contribution < 1.29 is 0 Å². The number of hydrogen-bond acceptors (Lipinski definition) is 5. The molecule has 0 atom stereocenters. The van der Waals surface area contributed by atoms with Gasteiger partial charge in [-0.2, -0.15) is 14.9 Å². The predicted molar refractivity (Wildman–Crippen MR) is 77.9 cm³/mol. The minimum atomic E-state index is 0.433. The Labute approximate surface area is 119 Å². The first kappa shape index (κ1) is 12.4. The van der Waals surface area contributed by atoms with Crippen LogP contribution in [0.2, 0.25) is 0 Å². The van der Waals surface area contributed by atoms with Gasteiger partial charge in [0.25, 0.3) is 0 Å². The third kappa shape index (κ3) is 2.52. The topological polar surface area (TPSA) is 71.8 Å². The van der Waals surface area contributed by atoms with Crippen molar-refractivity contribution >= 4 is 18.4 Å². The maximum Gasteiger partial charge on any atom is 0.216 e. The SMILES string of the molecule is S=c1[nH]nc(-c2ccncc2)n1/N=C/c1ccncc1. The van der Waals surface area contributed by atoms with Crippen LogP contribution in [0.15, 0.2) is 54.2 Å². The van der Waals surface area contributed by atoms with E-state index < -0.39 is 0 Å². The fourth-order valence-corrected chi connectivity index (χ4v) is 1.84. The number of nitrogens with zero attached hydrogens (tertiary/aromatic N) is 5. The second-order valence-corrected chi connectivity index (χ2v) is 4.31. The highest BCUT2D eigenvalue weighted by molar-refractivity contribution is 7.71. The van der Waals surface area contributed by atoms with Gasteiger partial charge in [-0.15, -0.1) is 0 Å². The summed E-state index contributed by atoms with van der Waals surface area (Å²) >= 11 is 5.19. The number of hydrogen-bond donors (Lipinski definition) is 1. The van der Waals surface area contributed by atoms with Gasteiger partial charge in [-0.25, -0.2) is 5.10 Å². The Morgan fingerprint density at radius 1 is 1.05 bits per heavy atom. The summed E-state index contributed by atoms with van der Waals surface area (Å²) in [6, 6.07) is 7.42. The van der Waals surface area contributed by atoms with Gasteiger partial charge in [0.2, 0.25) is 4.77 Å². The molecule has 0 radical (unpaired) electrons. The second-order valence-electron chi connectivity index (χ2n) is 3.93. The van der Waals surface area contributed by atoms with Crippen LogP contribution in [0.5, 0.6) is 0 Å². The van der Waals surface area contributed by atoms with Crippen LogP contribution in [0.25, 0.3) is 11.4 Å². The molecule has 0 aromatic carbocycles. The van der Waals surface area contributed by atoms with Gasteiger partial charge in [0.1, 0.15) is 0 Å². The first-order valence-corrected chi connectivity index (χ1v) is 6.27. The Morgan fingerprint density at radius 2 is 1.70 bits per heavy atom. The molecule has 3 heterocycles. The van der Waals surface area contributed by atoms with Gasteiger partial charge in [0.05, 0.1) is 6.21 Å². The smallest absolute Gasteiger partial charge is 0.216 e. The molecule has 3 aromatic heterocycles. The summed E-state index contributed by atoms with van der Waals surface area (Å²) in [6.07, 6.45) is 8.52. The van der Waals surface area contributed by atoms with Gasteiger partial charge in [0.15, 0.2) is 5.82 Å². The second kappa shape index (κ2) is 5.54. The summed E-state index contributed by atoms with van der Waals surface area (Å²) < 4.78 is 2.01. The standard InChI is InChI=1S/C13H10N6S/c20-13-18-17-12(11-3-7-15-8-4-11)19(13)16-9-10-1-5-14-6-2-10/h1-9H,(H,18,20)/b16-9+. The van der Waals surface area contributed by atoms with E-state index in [1.54, 1.807) is 35.7 Å². The van der Waals surface area contributed by atoms with E-state index in [0.717, 1.165) is 11.1 Å². The summed E-state index contributed by atoms with van der Waals surface area (Å²) in [6.45, 7) is 0. The lowest BCUT2D eigenvalue weighted by Gasteiger charge is -1.99. The van der Waals surface area contributed by atoms with Crippen LogP contribution in [0.1, 0.15) is 5.56 Å². The number of aromatic amines is 1. The van der Waals surface area contributed by atoms with Crippen molar-refractivity contribution in [1.29, 1.82) is 0 Å². The lowest BCUT2D eigenvalue weighted by Crippen LogP contribution is -1.95. The number of rotatable bonds is 3. The molecule has 0 aliphatic carbocycles.